The number of hydrogen-bond donors (Lipinski definition) is 0. The molecule has 0 radical (unpaired) electrons. The summed E-state index contributed by atoms with van der Waals surface area (Å²) < 4.78 is 18.9. The molecule has 2 aromatic carbocycles. The highest BCUT2D eigenvalue weighted by Gasteiger charge is 2.27. The number of rotatable bonds is 6. The van der Waals surface area contributed by atoms with E-state index in [1.54, 1.807) is 12.1 Å². The van der Waals surface area contributed by atoms with Crippen molar-refractivity contribution >= 4 is 6.29 Å². The van der Waals surface area contributed by atoms with Gasteiger partial charge in [0.05, 0.1) is 12.0 Å². The molecule has 3 heteroatoms. The van der Waals surface area contributed by atoms with Crippen molar-refractivity contribution in [3.8, 4) is 5.75 Å². The van der Waals surface area contributed by atoms with Crippen molar-refractivity contribution in [2.75, 3.05) is 6.61 Å². The van der Waals surface area contributed by atoms with Crippen LogP contribution in [0.2, 0.25) is 0 Å². The van der Waals surface area contributed by atoms with Crippen LogP contribution in [-0.4, -0.2) is 12.9 Å². The first-order chi connectivity index (χ1) is 10.1. The molecule has 0 amide bonds. The van der Waals surface area contributed by atoms with Crippen molar-refractivity contribution in [1.29, 1.82) is 0 Å². The number of aldehydes is 1. The van der Waals surface area contributed by atoms with E-state index in [9.17, 15) is 9.18 Å². The van der Waals surface area contributed by atoms with Crippen molar-refractivity contribution in [2.45, 2.75) is 25.7 Å². The topological polar surface area (TPSA) is 26.3 Å². The normalized spacial score (nSPS) is 13.5. The molecule has 1 atom stereocenters. The highest BCUT2D eigenvalue weighted by molar-refractivity contribution is 5.68. The van der Waals surface area contributed by atoms with E-state index in [0.717, 1.165) is 17.6 Å². The quantitative estimate of drug-likeness (QED) is 0.752. The summed E-state index contributed by atoms with van der Waals surface area (Å²) in [5.74, 6) is 0.450. The number of carbonyl (C=O) groups is 1. The highest BCUT2D eigenvalue weighted by Crippen LogP contribution is 2.28. The Morgan fingerprint density at radius 1 is 1.19 bits per heavy atom. The van der Waals surface area contributed by atoms with Gasteiger partial charge in [-0.2, -0.15) is 0 Å². The Morgan fingerprint density at radius 3 is 2.62 bits per heavy atom. The molecule has 0 aliphatic carbocycles. The summed E-state index contributed by atoms with van der Waals surface area (Å²) in [6, 6.07) is 13.9. The summed E-state index contributed by atoms with van der Waals surface area (Å²) in [5, 5.41) is 0. The minimum atomic E-state index is -0.757. The molecule has 1 unspecified atom stereocenters. The fourth-order valence-electron chi connectivity index (χ4n) is 2.39. The molecule has 0 saturated heterocycles. The number of benzene rings is 2. The lowest BCUT2D eigenvalue weighted by Crippen LogP contribution is -2.27. The molecule has 110 valence electrons. The molecule has 21 heavy (non-hydrogen) atoms. The Bertz CT molecular complexity index is 624. The molecule has 0 saturated carbocycles. The zero-order valence-corrected chi connectivity index (χ0v) is 12.3. The van der Waals surface area contributed by atoms with Crippen LogP contribution in [0, 0.1) is 5.82 Å². The van der Waals surface area contributed by atoms with Crippen LogP contribution in [0.5, 0.6) is 5.75 Å². The average Bonchev–Trinajstić information content (AvgIpc) is 2.48. The maximum atomic E-state index is 13.4. The fraction of sp³-hybridized carbons (Fsp3) is 0.278. The van der Waals surface area contributed by atoms with Crippen LogP contribution in [0.25, 0.3) is 0 Å². The first-order valence-corrected chi connectivity index (χ1v) is 7.01. The molecule has 0 heterocycles. The predicted molar refractivity (Wildman–Crippen MR) is 81.1 cm³/mol. The Morgan fingerprint density at radius 2 is 1.95 bits per heavy atom. The summed E-state index contributed by atoms with van der Waals surface area (Å²) >= 11 is 0. The van der Waals surface area contributed by atoms with Crippen LogP contribution < -0.4 is 4.74 Å². The van der Waals surface area contributed by atoms with Gasteiger partial charge in [-0.15, -0.1) is 0 Å². The van der Waals surface area contributed by atoms with Gasteiger partial charge < -0.3 is 9.53 Å². The van der Waals surface area contributed by atoms with Gasteiger partial charge in [-0.25, -0.2) is 4.39 Å². The first-order valence-electron chi connectivity index (χ1n) is 7.01. The molecule has 2 nitrogen and oxygen atoms in total. The summed E-state index contributed by atoms with van der Waals surface area (Å²) in [7, 11) is 0. The van der Waals surface area contributed by atoms with Gasteiger partial charge in [-0.1, -0.05) is 24.3 Å². The van der Waals surface area contributed by atoms with E-state index >= 15 is 0 Å². The van der Waals surface area contributed by atoms with Gasteiger partial charge in [0.25, 0.3) is 0 Å². The van der Waals surface area contributed by atoms with E-state index in [0.29, 0.717) is 18.6 Å². The van der Waals surface area contributed by atoms with Crippen molar-refractivity contribution in [3.05, 3.63) is 65.5 Å². The van der Waals surface area contributed by atoms with Crippen LogP contribution in [0.3, 0.4) is 0 Å². The van der Waals surface area contributed by atoms with E-state index in [1.165, 1.54) is 12.1 Å². The lowest BCUT2D eigenvalue weighted by atomic mass is 9.78. The molecule has 0 aliphatic rings. The standard InChI is InChI=1S/C18H19FO2/c1-3-21-17-9-4-6-14(10-17)12-18(2,13-20)15-7-5-8-16(19)11-15/h4-11,13H,3,12H2,1-2H3. The monoisotopic (exact) mass is 286 g/mol. The van der Waals surface area contributed by atoms with Gasteiger partial charge in [-0.05, 0) is 55.7 Å². The molecule has 0 aromatic heterocycles. The summed E-state index contributed by atoms with van der Waals surface area (Å²) in [6.07, 6.45) is 1.38. The van der Waals surface area contributed by atoms with E-state index in [4.69, 9.17) is 4.74 Å². The number of carbonyl (C=O) groups excluding carboxylic acids is 1. The van der Waals surface area contributed by atoms with E-state index in [2.05, 4.69) is 0 Å². The second kappa shape index (κ2) is 6.53. The lowest BCUT2D eigenvalue weighted by Gasteiger charge is -2.24. The minimum absolute atomic E-state index is 0.330. The van der Waals surface area contributed by atoms with Gasteiger partial charge in [0.1, 0.15) is 17.9 Å². The number of ether oxygens (including phenoxy) is 1. The Labute approximate surface area is 124 Å². The maximum absolute atomic E-state index is 13.4. The fourth-order valence-corrected chi connectivity index (χ4v) is 2.39. The second-order valence-corrected chi connectivity index (χ2v) is 5.30. The Balaban J connectivity index is 2.29. The highest BCUT2D eigenvalue weighted by atomic mass is 19.1. The third kappa shape index (κ3) is 3.69. The number of hydrogen-bond acceptors (Lipinski definition) is 2. The zero-order valence-electron chi connectivity index (χ0n) is 12.3. The van der Waals surface area contributed by atoms with E-state index in [-0.39, 0.29) is 5.82 Å². The van der Waals surface area contributed by atoms with Crippen LogP contribution >= 0.6 is 0 Å². The van der Waals surface area contributed by atoms with E-state index < -0.39 is 5.41 Å². The van der Waals surface area contributed by atoms with Gasteiger partial charge >= 0.3 is 0 Å². The van der Waals surface area contributed by atoms with E-state index in [1.807, 2.05) is 38.1 Å². The third-order valence-corrected chi connectivity index (χ3v) is 3.52. The molecule has 0 fully saturated rings. The third-order valence-electron chi connectivity index (χ3n) is 3.52. The Kier molecular flexibility index (Phi) is 4.73. The maximum Gasteiger partial charge on any atom is 0.130 e. The van der Waals surface area contributed by atoms with Crippen molar-refractivity contribution in [3.63, 3.8) is 0 Å². The molecule has 2 rings (SSSR count). The van der Waals surface area contributed by atoms with Crippen molar-refractivity contribution < 1.29 is 13.9 Å². The van der Waals surface area contributed by atoms with Crippen LogP contribution in [-0.2, 0) is 16.6 Å². The average molecular weight is 286 g/mol. The molecular weight excluding hydrogens is 267 g/mol. The van der Waals surface area contributed by atoms with Crippen molar-refractivity contribution in [2.24, 2.45) is 0 Å². The minimum Gasteiger partial charge on any atom is -0.494 e. The van der Waals surface area contributed by atoms with Crippen molar-refractivity contribution in [1.82, 2.24) is 0 Å². The van der Waals surface area contributed by atoms with Crippen LogP contribution in [0.4, 0.5) is 4.39 Å². The van der Waals surface area contributed by atoms with Gasteiger partial charge in [-0.3, -0.25) is 0 Å². The smallest absolute Gasteiger partial charge is 0.130 e. The first kappa shape index (κ1) is 15.2. The number of halogens is 1. The van der Waals surface area contributed by atoms with Gasteiger partial charge in [0.15, 0.2) is 0 Å². The predicted octanol–water partition coefficient (Wildman–Crippen LogP) is 3.92. The molecule has 0 aliphatic heterocycles. The molecule has 0 bridgehead atoms. The zero-order chi connectivity index (χ0) is 15.3. The second-order valence-electron chi connectivity index (χ2n) is 5.30. The van der Waals surface area contributed by atoms with Crippen LogP contribution in [0.15, 0.2) is 48.5 Å². The Hall–Kier alpha value is -2.16. The van der Waals surface area contributed by atoms with Crippen LogP contribution in [0.1, 0.15) is 25.0 Å². The molecular formula is C18H19FO2. The summed E-state index contributed by atoms with van der Waals surface area (Å²) in [6.45, 7) is 4.34. The lowest BCUT2D eigenvalue weighted by molar-refractivity contribution is -0.112. The molecule has 2 aromatic rings. The van der Waals surface area contributed by atoms with Gasteiger partial charge in [0.2, 0.25) is 0 Å². The SMILES string of the molecule is CCOc1cccc(CC(C)(C=O)c2cccc(F)c2)c1. The molecule has 0 spiro atoms. The summed E-state index contributed by atoms with van der Waals surface area (Å²) in [4.78, 5) is 11.6. The summed E-state index contributed by atoms with van der Waals surface area (Å²) in [5.41, 5.74) is 0.909. The molecule has 0 N–H and O–H groups in total. The van der Waals surface area contributed by atoms with Gasteiger partial charge in [0, 0.05) is 0 Å². The largest absolute Gasteiger partial charge is 0.494 e.